The van der Waals surface area contributed by atoms with Crippen LogP contribution in [0.25, 0.3) is 0 Å². The Balaban J connectivity index is -0.000000353. The molecule has 0 saturated carbocycles. The second-order valence-electron chi connectivity index (χ2n) is 6.88. The van der Waals surface area contributed by atoms with Crippen LogP contribution in [0.4, 0.5) is 0 Å². The summed E-state index contributed by atoms with van der Waals surface area (Å²) < 4.78 is 53.1. The van der Waals surface area contributed by atoms with Crippen LogP contribution < -0.4 is 0 Å². The largest absolute Gasteiger partial charge is 0.748 e. The van der Waals surface area contributed by atoms with Crippen LogP contribution in [0.5, 0.6) is 0 Å². The molecule has 0 amide bonds. The molecule has 1 N–H and O–H groups in total. The molecule has 0 spiro atoms. The van der Waals surface area contributed by atoms with Crippen molar-refractivity contribution in [3.8, 4) is 0 Å². The van der Waals surface area contributed by atoms with Crippen molar-refractivity contribution in [1.29, 1.82) is 0 Å². The van der Waals surface area contributed by atoms with Gasteiger partial charge in [0.2, 0.25) is 0 Å². The van der Waals surface area contributed by atoms with Crippen LogP contribution in [0.3, 0.4) is 0 Å². The van der Waals surface area contributed by atoms with Gasteiger partial charge in [-0.3, -0.25) is 4.55 Å². The maximum Gasteiger partial charge on any atom is 0.261 e. The molecule has 2 atom stereocenters. The van der Waals surface area contributed by atoms with E-state index in [2.05, 4.69) is 88.4 Å². The number of rotatable bonds is 4. The summed E-state index contributed by atoms with van der Waals surface area (Å²) in [5.74, 6) is 1.42. The van der Waals surface area contributed by atoms with E-state index in [1.165, 1.54) is 24.0 Å². The molecule has 178 valence electrons. The van der Waals surface area contributed by atoms with E-state index < -0.39 is 20.2 Å². The molecule has 2 rings (SSSR count). The van der Waals surface area contributed by atoms with Crippen molar-refractivity contribution in [2.45, 2.75) is 52.4 Å². The molecular formula is C23H38O6S2. The van der Waals surface area contributed by atoms with Crippen LogP contribution in [0.1, 0.15) is 63.5 Å². The Morgan fingerprint density at radius 2 is 0.935 bits per heavy atom. The van der Waals surface area contributed by atoms with E-state index in [1.807, 2.05) is 0 Å². The lowest BCUT2D eigenvalue weighted by Gasteiger charge is -2.06. The zero-order valence-electron chi connectivity index (χ0n) is 19.6. The monoisotopic (exact) mass is 474 g/mol. The topological polar surface area (TPSA) is 112 Å². The fourth-order valence-electron chi connectivity index (χ4n) is 2.03. The highest BCUT2D eigenvalue weighted by Crippen LogP contribution is 2.17. The lowest BCUT2D eigenvalue weighted by molar-refractivity contribution is 0.470. The Bertz CT molecular complexity index is 773. The van der Waals surface area contributed by atoms with Gasteiger partial charge in [0.15, 0.2) is 0 Å². The molecule has 2 aromatic rings. The van der Waals surface area contributed by atoms with Crippen molar-refractivity contribution in [3.63, 3.8) is 0 Å². The predicted molar refractivity (Wildman–Crippen MR) is 130 cm³/mol. The van der Waals surface area contributed by atoms with Gasteiger partial charge in [-0.2, -0.15) is 8.42 Å². The minimum atomic E-state index is -3.92. The van der Waals surface area contributed by atoms with E-state index in [0.717, 1.165) is 0 Å². The highest BCUT2D eigenvalue weighted by molar-refractivity contribution is 7.85. The molecule has 2 aromatic carbocycles. The first-order chi connectivity index (χ1) is 13.7. The zero-order valence-corrected chi connectivity index (χ0v) is 21.3. The SMILES string of the molecule is CCC(C)c1ccccc1.CCC(C)c1ccccc1.CS(=O)(=O)O.CS(=O)(=O)[O-].[CH3+]. The quantitative estimate of drug-likeness (QED) is 0.461. The molecule has 0 aliphatic rings. The molecule has 31 heavy (non-hydrogen) atoms. The second-order valence-corrected chi connectivity index (χ2v) is 9.75. The molecule has 2 unspecified atom stereocenters. The van der Waals surface area contributed by atoms with Gasteiger partial charge in [0.05, 0.1) is 16.4 Å². The molecule has 8 heteroatoms. The highest BCUT2D eigenvalue weighted by atomic mass is 32.2. The van der Waals surface area contributed by atoms with Crippen LogP contribution in [0, 0.1) is 7.43 Å². The average molecular weight is 475 g/mol. The Hall–Kier alpha value is -1.87. The van der Waals surface area contributed by atoms with E-state index in [1.54, 1.807) is 0 Å². The fraction of sp³-hybridized carbons (Fsp3) is 0.435. The smallest absolute Gasteiger partial charge is 0.261 e. The van der Waals surface area contributed by atoms with E-state index in [4.69, 9.17) is 17.5 Å². The van der Waals surface area contributed by atoms with Crippen LogP contribution in [-0.4, -0.2) is 38.5 Å². The van der Waals surface area contributed by atoms with E-state index in [9.17, 15) is 8.42 Å². The molecule has 0 saturated heterocycles. The van der Waals surface area contributed by atoms with Crippen molar-refractivity contribution in [1.82, 2.24) is 0 Å². The van der Waals surface area contributed by atoms with Gasteiger partial charge in [-0.05, 0) is 35.8 Å². The Labute approximate surface area is 190 Å². The van der Waals surface area contributed by atoms with E-state index >= 15 is 0 Å². The van der Waals surface area contributed by atoms with Crippen LogP contribution in [-0.2, 0) is 20.2 Å². The molecule has 0 heterocycles. The highest BCUT2D eigenvalue weighted by Gasteiger charge is 1.99. The summed E-state index contributed by atoms with van der Waals surface area (Å²) in [4.78, 5) is 0. The van der Waals surface area contributed by atoms with Gasteiger partial charge in [0, 0.05) is 13.7 Å². The summed E-state index contributed by atoms with van der Waals surface area (Å²) in [7, 11) is -7.58. The standard InChI is InChI=1S/2C10H14.2CH4O3S.CH3/c2*1-3-9(2)10-7-5-4-6-8-10;2*1-5(2,3)4;/h2*4-9H,3H2,1-2H3;2*1H3,(H,2,3,4);1H3/q;;;;+1/p-1. The predicted octanol–water partition coefficient (Wildman–Crippen LogP) is 5.52. The molecular weight excluding hydrogens is 436 g/mol. The first-order valence-electron chi connectivity index (χ1n) is 9.62. The molecule has 0 aromatic heterocycles. The number of hydrogen-bond acceptors (Lipinski definition) is 5. The summed E-state index contributed by atoms with van der Waals surface area (Å²) in [5.41, 5.74) is 2.90. The van der Waals surface area contributed by atoms with E-state index in [-0.39, 0.29) is 7.43 Å². The van der Waals surface area contributed by atoms with Gasteiger partial charge in [-0.15, -0.1) is 0 Å². The van der Waals surface area contributed by atoms with Crippen molar-refractivity contribution >= 4 is 20.2 Å². The molecule has 0 aliphatic carbocycles. The van der Waals surface area contributed by atoms with Crippen molar-refractivity contribution < 1.29 is 25.9 Å². The van der Waals surface area contributed by atoms with Gasteiger partial charge in [-0.1, -0.05) is 88.4 Å². The van der Waals surface area contributed by atoms with Gasteiger partial charge < -0.3 is 4.55 Å². The first kappa shape index (κ1) is 33.8. The van der Waals surface area contributed by atoms with Gasteiger partial charge in [0.25, 0.3) is 10.1 Å². The lowest BCUT2D eigenvalue weighted by Crippen LogP contribution is -1.88. The minimum absolute atomic E-state index is 0. The lowest BCUT2D eigenvalue weighted by atomic mass is 9.99. The Kier molecular flexibility index (Phi) is 19.4. The van der Waals surface area contributed by atoms with Crippen LogP contribution >= 0.6 is 0 Å². The van der Waals surface area contributed by atoms with Crippen molar-refractivity contribution in [2.75, 3.05) is 12.5 Å². The second kappa shape index (κ2) is 17.8. The number of benzene rings is 2. The van der Waals surface area contributed by atoms with Gasteiger partial charge in [-0.25, -0.2) is 8.42 Å². The van der Waals surface area contributed by atoms with E-state index in [0.29, 0.717) is 24.3 Å². The third-order valence-electron chi connectivity index (χ3n) is 3.96. The third kappa shape index (κ3) is 28.1. The Morgan fingerprint density at radius 3 is 1.10 bits per heavy atom. The maximum absolute atomic E-state index is 9.19. The molecule has 0 radical (unpaired) electrons. The van der Waals surface area contributed by atoms with Gasteiger partial charge >= 0.3 is 0 Å². The van der Waals surface area contributed by atoms with Crippen LogP contribution in [0.2, 0.25) is 0 Å². The maximum atomic E-state index is 9.19. The number of hydrogen-bond donors (Lipinski definition) is 1. The summed E-state index contributed by atoms with van der Waals surface area (Å²) in [6.07, 6.45) is 3.77. The summed E-state index contributed by atoms with van der Waals surface area (Å²) in [6, 6.07) is 21.3. The first-order valence-corrected chi connectivity index (χ1v) is 13.3. The molecule has 0 aliphatic heterocycles. The molecule has 6 nitrogen and oxygen atoms in total. The Morgan fingerprint density at radius 1 is 0.742 bits per heavy atom. The average Bonchev–Trinajstić information content (AvgIpc) is 2.66. The fourth-order valence-corrected chi connectivity index (χ4v) is 2.03. The summed E-state index contributed by atoms with van der Waals surface area (Å²) in [6.45, 7) is 8.96. The minimum Gasteiger partial charge on any atom is -0.748 e. The van der Waals surface area contributed by atoms with Gasteiger partial charge in [0.1, 0.15) is 0 Å². The summed E-state index contributed by atoms with van der Waals surface area (Å²) in [5, 5.41) is 0. The third-order valence-corrected chi connectivity index (χ3v) is 3.96. The van der Waals surface area contributed by atoms with Crippen molar-refractivity contribution in [2.24, 2.45) is 0 Å². The molecule has 0 bridgehead atoms. The summed E-state index contributed by atoms with van der Waals surface area (Å²) >= 11 is 0. The molecule has 0 fully saturated rings. The van der Waals surface area contributed by atoms with Crippen molar-refractivity contribution in [3.05, 3.63) is 79.2 Å². The van der Waals surface area contributed by atoms with Crippen LogP contribution in [0.15, 0.2) is 60.7 Å². The normalized spacial score (nSPS) is 12.1. The zero-order chi connectivity index (χ0) is 23.8.